The van der Waals surface area contributed by atoms with Crippen molar-refractivity contribution in [1.82, 2.24) is 0 Å². The van der Waals surface area contributed by atoms with Gasteiger partial charge in [0.1, 0.15) is 11.5 Å². The summed E-state index contributed by atoms with van der Waals surface area (Å²) >= 11 is 0. The normalized spacial score (nSPS) is 10.1. The molecule has 0 bridgehead atoms. The summed E-state index contributed by atoms with van der Waals surface area (Å²) in [6, 6.07) is 6.10. The average Bonchev–Trinajstić information content (AvgIpc) is 2.27. The molecule has 2 heteroatoms. The van der Waals surface area contributed by atoms with E-state index in [0.29, 0.717) is 18.6 Å². The number of carbonyl (C=O) groups is 1. The second-order valence-corrected chi connectivity index (χ2v) is 3.70. The summed E-state index contributed by atoms with van der Waals surface area (Å²) in [6.07, 6.45) is 2.06. The van der Waals surface area contributed by atoms with Crippen molar-refractivity contribution < 1.29 is 9.53 Å². The number of hydrogen-bond acceptors (Lipinski definition) is 2. The number of ketones is 1. The highest BCUT2D eigenvalue weighted by Crippen LogP contribution is 2.19. The molecule has 0 saturated carbocycles. The first-order chi connectivity index (χ1) is 7.17. The molecule has 0 aliphatic rings. The molecule has 1 aromatic carbocycles. The van der Waals surface area contributed by atoms with E-state index in [4.69, 9.17) is 4.74 Å². The molecule has 0 radical (unpaired) electrons. The molecule has 0 atom stereocenters. The lowest BCUT2D eigenvalue weighted by Crippen LogP contribution is -1.98. The minimum atomic E-state index is 0.314. The number of hydrogen-bond donors (Lipinski definition) is 0. The van der Waals surface area contributed by atoms with Crippen molar-refractivity contribution in [3.05, 3.63) is 29.3 Å². The summed E-state index contributed by atoms with van der Waals surface area (Å²) in [5, 5.41) is 0. The van der Waals surface area contributed by atoms with Crippen molar-refractivity contribution in [1.29, 1.82) is 0 Å². The quantitative estimate of drug-likeness (QED) is 0.740. The largest absolute Gasteiger partial charge is 0.496 e. The summed E-state index contributed by atoms with van der Waals surface area (Å²) in [5.74, 6) is 1.21. The van der Waals surface area contributed by atoms with Gasteiger partial charge in [-0.05, 0) is 30.5 Å². The standard InChI is InChI=1S/C13H18O2/c1-4-12(14)8-7-11-6-5-10(2)13(9-11)15-3/h5-6,9H,4,7-8H2,1-3H3. The van der Waals surface area contributed by atoms with Crippen LogP contribution in [0.1, 0.15) is 30.9 Å². The minimum absolute atomic E-state index is 0.314. The van der Waals surface area contributed by atoms with Gasteiger partial charge in [-0.3, -0.25) is 4.79 Å². The smallest absolute Gasteiger partial charge is 0.132 e. The number of carbonyl (C=O) groups excluding carboxylic acids is 1. The lowest BCUT2D eigenvalue weighted by molar-refractivity contribution is -0.118. The van der Waals surface area contributed by atoms with E-state index < -0.39 is 0 Å². The Morgan fingerprint density at radius 3 is 2.73 bits per heavy atom. The topological polar surface area (TPSA) is 26.3 Å². The highest BCUT2D eigenvalue weighted by molar-refractivity contribution is 5.78. The van der Waals surface area contributed by atoms with E-state index in [-0.39, 0.29) is 0 Å². The van der Waals surface area contributed by atoms with E-state index in [1.807, 2.05) is 26.0 Å². The SMILES string of the molecule is CCC(=O)CCc1ccc(C)c(OC)c1. The van der Waals surface area contributed by atoms with Crippen LogP contribution in [0.3, 0.4) is 0 Å². The molecule has 0 amide bonds. The number of methoxy groups -OCH3 is 1. The predicted molar refractivity (Wildman–Crippen MR) is 61.4 cm³/mol. The van der Waals surface area contributed by atoms with Crippen LogP contribution < -0.4 is 4.74 Å². The molecular formula is C13H18O2. The van der Waals surface area contributed by atoms with Crippen LogP contribution in [0.5, 0.6) is 5.75 Å². The lowest BCUT2D eigenvalue weighted by atomic mass is 10.0. The van der Waals surface area contributed by atoms with Crippen molar-refractivity contribution in [2.24, 2.45) is 0 Å². The third-order valence-corrected chi connectivity index (χ3v) is 2.56. The summed E-state index contributed by atoms with van der Waals surface area (Å²) in [7, 11) is 1.67. The maximum absolute atomic E-state index is 11.2. The van der Waals surface area contributed by atoms with Crippen LogP contribution in [0.2, 0.25) is 0 Å². The van der Waals surface area contributed by atoms with Crippen LogP contribution in [0.4, 0.5) is 0 Å². The molecule has 0 heterocycles. The van der Waals surface area contributed by atoms with Gasteiger partial charge in [0.25, 0.3) is 0 Å². The molecule has 1 aromatic rings. The number of ether oxygens (including phenoxy) is 1. The molecule has 0 unspecified atom stereocenters. The molecule has 2 nitrogen and oxygen atoms in total. The van der Waals surface area contributed by atoms with Gasteiger partial charge in [-0.15, -0.1) is 0 Å². The first kappa shape index (κ1) is 11.8. The van der Waals surface area contributed by atoms with E-state index in [2.05, 4.69) is 6.07 Å². The Balaban J connectivity index is 2.66. The molecule has 0 saturated heterocycles. The molecule has 82 valence electrons. The molecule has 0 spiro atoms. The van der Waals surface area contributed by atoms with Crippen molar-refractivity contribution >= 4 is 5.78 Å². The van der Waals surface area contributed by atoms with Crippen LogP contribution in [-0.2, 0) is 11.2 Å². The second-order valence-electron chi connectivity index (χ2n) is 3.70. The lowest BCUT2D eigenvalue weighted by Gasteiger charge is -2.07. The molecule has 0 aromatic heterocycles. The summed E-state index contributed by atoms with van der Waals surface area (Å²) < 4.78 is 5.23. The number of benzene rings is 1. The summed E-state index contributed by atoms with van der Waals surface area (Å²) in [4.78, 5) is 11.2. The van der Waals surface area contributed by atoms with Gasteiger partial charge in [0.05, 0.1) is 7.11 Å². The minimum Gasteiger partial charge on any atom is -0.496 e. The van der Waals surface area contributed by atoms with Gasteiger partial charge < -0.3 is 4.74 Å². The number of rotatable bonds is 5. The fourth-order valence-electron chi connectivity index (χ4n) is 1.48. The summed E-state index contributed by atoms with van der Waals surface area (Å²) in [6.45, 7) is 3.91. The van der Waals surface area contributed by atoms with E-state index >= 15 is 0 Å². The van der Waals surface area contributed by atoms with Gasteiger partial charge in [-0.2, -0.15) is 0 Å². The third-order valence-electron chi connectivity index (χ3n) is 2.56. The Labute approximate surface area is 91.3 Å². The Morgan fingerprint density at radius 2 is 2.13 bits per heavy atom. The van der Waals surface area contributed by atoms with Gasteiger partial charge in [0.2, 0.25) is 0 Å². The zero-order valence-electron chi connectivity index (χ0n) is 9.67. The monoisotopic (exact) mass is 206 g/mol. The number of Topliss-reactive ketones (excluding diaryl/α,β-unsaturated/α-hetero) is 1. The summed E-state index contributed by atoms with van der Waals surface area (Å²) in [5.41, 5.74) is 2.29. The Kier molecular flexibility index (Phi) is 4.35. The van der Waals surface area contributed by atoms with Gasteiger partial charge in [0.15, 0.2) is 0 Å². The fourth-order valence-corrected chi connectivity index (χ4v) is 1.48. The van der Waals surface area contributed by atoms with Gasteiger partial charge in [-0.25, -0.2) is 0 Å². The molecule has 0 fully saturated rings. The van der Waals surface area contributed by atoms with E-state index in [1.165, 1.54) is 5.56 Å². The van der Waals surface area contributed by atoms with E-state index in [1.54, 1.807) is 7.11 Å². The molecular weight excluding hydrogens is 188 g/mol. The number of aryl methyl sites for hydroxylation is 2. The van der Waals surface area contributed by atoms with Crippen LogP contribution in [0.15, 0.2) is 18.2 Å². The molecule has 1 rings (SSSR count). The first-order valence-electron chi connectivity index (χ1n) is 5.32. The maximum Gasteiger partial charge on any atom is 0.132 e. The molecule has 0 N–H and O–H groups in total. The van der Waals surface area contributed by atoms with Crippen LogP contribution >= 0.6 is 0 Å². The average molecular weight is 206 g/mol. The third kappa shape index (κ3) is 3.39. The van der Waals surface area contributed by atoms with Crippen LogP contribution in [0.25, 0.3) is 0 Å². The predicted octanol–water partition coefficient (Wildman–Crippen LogP) is 2.92. The first-order valence-corrected chi connectivity index (χ1v) is 5.32. The fraction of sp³-hybridized carbons (Fsp3) is 0.462. The molecule has 0 aliphatic heterocycles. The van der Waals surface area contributed by atoms with Crippen molar-refractivity contribution in [2.75, 3.05) is 7.11 Å². The van der Waals surface area contributed by atoms with E-state index in [9.17, 15) is 4.79 Å². The highest BCUT2D eigenvalue weighted by Gasteiger charge is 2.03. The van der Waals surface area contributed by atoms with Crippen molar-refractivity contribution in [3.8, 4) is 5.75 Å². The van der Waals surface area contributed by atoms with Gasteiger partial charge >= 0.3 is 0 Å². The van der Waals surface area contributed by atoms with Gasteiger partial charge in [-0.1, -0.05) is 19.1 Å². The van der Waals surface area contributed by atoms with Crippen LogP contribution in [0, 0.1) is 6.92 Å². The zero-order valence-corrected chi connectivity index (χ0v) is 9.67. The van der Waals surface area contributed by atoms with Crippen molar-refractivity contribution in [3.63, 3.8) is 0 Å². The zero-order chi connectivity index (χ0) is 11.3. The Hall–Kier alpha value is -1.31. The second kappa shape index (κ2) is 5.54. The maximum atomic E-state index is 11.2. The van der Waals surface area contributed by atoms with E-state index in [0.717, 1.165) is 17.7 Å². The van der Waals surface area contributed by atoms with Crippen molar-refractivity contribution in [2.45, 2.75) is 33.1 Å². The Morgan fingerprint density at radius 1 is 1.40 bits per heavy atom. The molecule has 15 heavy (non-hydrogen) atoms. The Bertz CT molecular complexity index is 342. The van der Waals surface area contributed by atoms with Crippen LogP contribution in [-0.4, -0.2) is 12.9 Å². The van der Waals surface area contributed by atoms with Gasteiger partial charge in [0, 0.05) is 12.8 Å². The highest BCUT2D eigenvalue weighted by atomic mass is 16.5. The molecule has 0 aliphatic carbocycles.